The van der Waals surface area contributed by atoms with E-state index in [2.05, 4.69) is 18.2 Å². The highest BCUT2D eigenvalue weighted by atomic mass is 35.5. The monoisotopic (exact) mass is 287 g/mol. The van der Waals surface area contributed by atoms with E-state index in [0.717, 1.165) is 30.2 Å². The number of nitrogens with two attached hydrogens (primary N) is 1. The molecule has 0 bridgehead atoms. The van der Waals surface area contributed by atoms with E-state index in [1.807, 2.05) is 30.3 Å². The molecule has 1 aliphatic heterocycles. The van der Waals surface area contributed by atoms with Crippen LogP contribution in [-0.4, -0.2) is 13.2 Å². The van der Waals surface area contributed by atoms with Crippen molar-refractivity contribution in [2.24, 2.45) is 5.73 Å². The van der Waals surface area contributed by atoms with E-state index in [0.29, 0.717) is 6.54 Å². The molecule has 2 aromatic rings. The molecule has 0 fully saturated rings. The summed E-state index contributed by atoms with van der Waals surface area (Å²) in [7, 11) is 0. The third-order valence-electron chi connectivity index (χ3n) is 4.12. The predicted octanol–water partition coefficient (Wildman–Crippen LogP) is 3.56. The number of fused-ring (bicyclic) bond motifs is 1. The summed E-state index contributed by atoms with van der Waals surface area (Å²) < 4.78 is 5.76. The molecule has 1 heterocycles. The van der Waals surface area contributed by atoms with E-state index in [1.165, 1.54) is 11.1 Å². The molecular formula is C17H18ClNO. The van der Waals surface area contributed by atoms with E-state index in [9.17, 15) is 0 Å². The molecular weight excluding hydrogens is 270 g/mol. The van der Waals surface area contributed by atoms with E-state index < -0.39 is 0 Å². The Kier molecular flexibility index (Phi) is 3.68. The van der Waals surface area contributed by atoms with Crippen LogP contribution in [-0.2, 0) is 11.8 Å². The first-order valence-electron chi connectivity index (χ1n) is 6.90. The van der Waals surface area contributed by atoms with E-state index >= 15 is 0 Å². The van der Waals surface area contributed by atoms with Gasteiger partial charge in [0.1, 0.15) is 5.75 Å². The van der Waals surface area contributed by atoms with Gasteiger partial charge in [-0.1, -0.05) is 41.9 Å². The summed E-state index contributed by atoms with van der Waals surface area (Å²) >= 11 is 6.10. The van der Waals surface area contributed by atoms with Crippen LogP contribution in [0.1, 0.15) is 17.5 Å². The van der Waals surface area contributed by atoms with Gasteiger partial charge in [-0.2, -0.15) is 0 Å². The maximum absolute atomic E-state index is 6.15. The molecule has 2 N–H and O–H groups in total. The summed E-state index contributed by atoms with van der Waals surface area (Å²) in [4.78, 5) is 0. The first-order chi connectivity index (χ1) is 9.73. The maximum atomic E-state index is 6.15. The van der Waals surface area contributed by atoms with Crippen molar-refractivity contribution in [2.45, 2.75) is 18.3 Å². The van der Waals surface area contributed by atoms with Gasteiger partial charge in [-0.25, -0.2) is 0 Å². The molecule has 0 saturated carbocycles. The third kappa shape index (κ3) is 2.41. The quantitative estimate of drug-likeness (QED) is 0.937. The van der Waals surface area contributed by atoms with Crippen molar-refractivity contribution in [3.05, 3.63) is 64.7 Å². The molecule has 104 valence electrons. The number of rotatable bonds is 3. The molecule has 0 radical (unpaired) electrons. The normalized spacial score (nSPS) is 21.1. The van der Waals surface area contributed by atoms with Crippen LogP contribution in [0.4, 0.5) is 0 Å². The average molecular weight is 288 g/mol. The second kappa shape index (κ2) is 5.47. The molecule has 1 aliphatic rings. The van der Waals surface area contributed by atoms with Gasteiger partial charge in [-0.15, -0.1) is 0 Å². The lowest BCUT2D eigenvalue weighted by Crippen LogP contribution is -2.41. The van der Waals surface area contributed by atoms with Crippen LogP contribution >= 0.6 is 11.6 Å². The fourth-order valence-electron chi connectivity index (χ4n) is 3.03. The number of halogens is 1. The van der Waals surface area contributed by atoms with Gasteiger partial charge in [-0.3, -0.25) is 0 Å². The zero-order chi connectivity index (χ0) is 14.0. The minimum atomic E-state index is -0.0560. The molecule has 0 aliphatic carbocycles. The SMILES string of the molecule is NCC1(Cc2cccc(Cl)c2)CCOc2ccccc21. The smallest absolute Gasteiger partial charge is 0.123 e. The number of ether oxygens (including phenoxy) is 1. The van der Waals surface area contributed by atoms with Gasteiger partial charge in [0.25, 0.3) is 0 Å². The van der Waals surface area contributed by atoms with Crippen LogP contribution in [0.2, 0.25) is 5.02 Å². The third-order valence-corrected chi connectivity index (χ3v) is 4.35. The molecule has 1 unspecified atom stereocenters. The lowest BCUT2D eigenvalue weighted by atomic mass is 9.72. The molecule has 3 heteroatoms. The Morgan fingerprint density at radius 1 is 1.15 bits per heavy atom. The van der Waals surface area contributed by atoms with Gasteiger partial charge in [0.15, 0.2) is 0 Å². The Labute approximate surface area is 124 Å². The van der Waals surface area contributed by atoms with Gasteiger partial charge in [0, 0.05) is 22.5 Å². The lowest BCUT2D eigenvalue weighted by molar-refractivity contribution is 0.215. The summed E-state index contributed by atoms with van der Waals surface area (Å²) in [5.74, 6) is 0.964. The van der Waals surface area contributed by atoms with Crippen molar-refractivity contribution in [2.75, 3.05) is 13.2 Å². The van der Waals surface area contributed by atoms with Gasteiger partial charge < -0.3 is 10.5 Å². The van der Waals surface area contributed by atoms with E-state index in [4.69, 9.17) is 22.1 Å². The Balaban J connectivity index is 2.00. The molecule has 2 nitrogen and oxygen atoms in total. The maximum Gasteiger partial charge on any atom is 0.123 e. The lowest BCUT2D eigenvalue weighted by Gasteiger charge is -2.38. The molecule has 0 aromatic heterocycles. The Morgan fingerprint density at radius 2 is 2.00 bits per heavy atom. The second-order valence-corrected chi connectivity index (χ2v) is 5.82. The predicted molar refractivity (Wildman–Crippen MR) is 82.4 cm³/mol. The standard InChI is InChI=1S/C17H18ClNO/c18-14-5-3-4-13(10-14)11-17(12-19)8-9-20-16-7-2-1-6-15(16)17/h1-7,10H,8-9,11-12,19H2. The molecule has 3 rings (SSSR count). The van der Waals surface area contributed by atoms with Crippen LogP contribution < -0.4 is 10.5 Å². The molecule has 0 amide bonds. The minimum absolute atomic E-state index is 0.0560. The van der Waals surface area contributed by atoms with Crippen LogP contribution in [0.3, 0.4) is 0 Å². The number of hydrogen-bond donors (Lipinski definition) is 1. The summed E-state index contributed by atoms with van der Waals surface area (Å²) in [5, 5.41) is 0.773. The number of hydrogen-bond acceptors (Lipinski definition) is 2. The summed E-state index contributed by atoms with van der Waals surface area (Å²) in [6.07, 6.45) is 1.83. The van der Waals surface area contributed by atoms with Gasteiger partial charge in [0.2, 0.25) is 0 Å². The summed E-state index contributed by atoms with van der Waals surface area (Å²) in [6.45, 7) is 1.33. The van der Waals surface area contributed by atoms with Crippen molar-refractivity contribution >= 4 is 11.6 Å². The fraction of sp³-hybridized carbons (Fsp3) is 0.294. The Bertz CT molecular complexity index is 613. The average Bonchev–Trinajstić information content (AvgIpc) is 2.47. The highest BCUT2D eigenvalue weighted by Gasteiger charge is 2.36. The van der Waals surface area contributed by atoms with Crippen molar-refractivity contribution < 1.29 is 4.74 Å². The molecule has 0 saturated heterocycles. The highest BCUT2D eigenvalue weighted by molar-refractivity contribution is 6.30. The van der Waals surface area contributed by atoms with E-state index in [1.54, 1.807) is 0 Å². The number of para-hydroxylation sites is 1. The van der Waals surface area contributed by atoms with Crippen molar-refractivity contribution in [3.63, 3.8) is 0 Å². The zero-order valence-corrected chi connectivity index (χ0v) is 12.1. The van der Waals surface area contributed by atoms with Crippen molar-refractivity contribution in [1.82, 2.24) is 0 Å². The van der Waals surface area contributed by atoms with Crippen LogP contribution in [0.15, 0.2) is 48.5 Å². The van der Waals surface area contributed by atoms with Gasteiger partial charge in [-0.05, 0) is 36.6 Å². The van der Waals surface area contributed by atoms with Gasteiger partial charge >= 0.3 is 0 Å². The first kappa shape index (κ1) is 13.5. The van der Waals surface area contributed by atoms with Crippen molar-refractivity contribution in [3.8, 4) is 5.75 Å². The van der Waals surface area contributed by atoms with Crippen LogP contribution in [0.5, 0.6) is 5.75 Å². The highest BCUT2D eigenvalue weighted by Crippen LogP contribution is 2.40. The minimum Gasteiger partial charge on any atom is -0.493 e. The largest absolute Gasteiger partial charge is 0.493 e. The van der Waals surface area contributed by atoms with Crippen LogP contribution in [0, 0.1) is 0 Å². The fourth-order valence-corrected chi connectivity index (χ4v) is 3.24. The number of benzene rings is 2. The van der Waals surface area contributed by atoms with E-state index in [-0.39, 0.29) is 5.41 Å². The molecule has 0 spiro atoms. The summed E-state index contributed by atoms with van der Waals surface area (Å²) in [6, 6.07) is 16.2. The molecule has 1 atom stereocenters. The first-order valence-corrected chi connectivity index (χ1v) is 7.28. The van der Waals surface area contributed by atoms with Crippen LogP contribution in [0.25, 0.3) is 0 Å². The molecule has 20 heavy (non-hydrogen) atoms. The second-order valence-electron chi connectivity index (χ2n) is 5.39. The summed E-state index contributed by atoms with van der Waals surface area (Å²) in [5.41, 5.74) is 8.53. The van der Waals surface area contributed by atoms with Crippen molar-refractivity contribution in [1.29, 1.82) is 0 Å². The Hall–Kier alpha value is -1.51. The topological polar surface area (TPSA) is 35.2 Å². The Morgan fingerprint density at radius 3 is 2.80 bits per heavy atom. The molecule has 2 aromatic carbocycles. The zero-order valence-electron chi connectivity index (χ0n) is 11.3. The van der Waals surface area contributed by atoms with Gasteiger partial charge in [0.05, 0.1) is 6.61 Å².